The number of hydrogen-bond donors (Lipinski definition) is 2. The summed E-state index contributed by atoms with van der Waals surface area (Å²) in [5.41, 5.74) is 2.90. The van der Waals surface area contributed by atoms with E-state index in [4.69, 9.17) is 0 Å². The number of ketones is 2. The zero-order valence-electron chi connectivity index (χ0n) is 21.3. The fraction of sp³-hybridized carbons (Fsp3) is 0.125. The molecule has 0 spiro atoms. The molecular weight excluding hydrogens is 508 g/mol. The Kier molecular flexibility index (Phi) is 7.70. The molecule has 6 nitrogen and oxygen atoms in total. The molecule has 4 aromatic rings. The van der Waals surface area contributed by atoms with Gasteiger partial charge in [-0.1, -0.05) is 79.7 Å². The Bertz CT molecular complexity index is 1580. The van der Waals surface area contributed by atoms with E-state index in [0.29, 0.717) is 28.9 Å². The largest absolute Gasteiger partial charge is 0.326 e. The number of amides is 2. The van der Waals surface area contributed by atoms with Crippen LogP contribution >= 0.6 is 11.8 Å². The Morgan fingerprint density at radius 2 is 1.41 bits per heavy atom. The Balaban J connectivity index is 1.45. The first-order valence-corrected chi connectivity index (χ1v) is 13.6. The molecule has 1 unspecified atom stereocenters. The van der Waals surface area contributed by atoms with Gasteiger partial charge in [-0.3, -0.25) is 19.2 Å². The van der Waals surface area contributed by atoms with Gasteiger partial charge in [0.05, 0.1) is 11.3 Å². The molecule has 5 rings (SSSR count). The molecule has 0 aliphatic heterocycles. The van der Waals surface area contributed by atoms with Crippen LogP contribution in [0.2, 0.25) is 0 Å². The Hall–Kier alpha value is -4.49. The average molecular weight is 535 g/mol. The van der Waals surface area contributed by atoms with Gasteiger partial charge in [-0.15, -0.1) is 11.8 Å². The minimum Gasteiger partial charge on any atom is -0.326 e. The van der Waals surface area contributed by atoms with Crippen molar-refractivity contribution in [3.05, 3.63) is 125 Å². The molecule has 2 N–H and O–H groups in total. The van der Waals surface area contributed by atoms with Crippen molar-refractivity contribution in [2.24, 2.45) is 0 Å². The normalized spacial score (nSPS) is 12.7. The number of nitrogens with one attached hydrogen (secondary N) is 2. The Morgan fingerprint density at radius 1 is 0.744 bits per heavy atom. The van der Waals surface area contributed by atoms with Gasteiger partial charge in [-0.2, -0.15) is 0 Å². The molecule has 39 heavy (non-hydrogen) atoms. The molecule has 0 bridgehead atoms. The lowest BCUT2D eigenvalue weighted by Gasteiger charge is -2.22. The molecule has 0 heterocycles. The van der Waals surface area contributed by atoms with E-state index in [0.717, 1.165) is 16.9 Å². The van der Waals surface area contributed by atoms with E-state index in [1.807, 2.05) is 61.5 Å². The first kappa shape index (κ1) is 26.1. The standard InChI is InChI=1S/C32H26N2O4S/c1-2-10-27(35)33-21-13-8-14-22(19-21)39-31(20-11-4-3-5-12-20)32(38)34-26-18-9-17-25-28(26)30(37)24-16-7-6-15-23(24)29(25)36/h3-9,11-19,31H,2,10H2,1H3,(H,33,35)(H,34,38). The van der Waals surface area contributed by atoms with Crippen molar-refractivity contribution >= 4 is 46.5 Å². The molecule has 4 aromatic carbocycles. The third kappa shape index (κ3) is 5.54. The number of anilines is 2. The second-order valence-corrected chi connectivity index (χ2v) is 10.3. The number of fused-ring (bicyclic) bond motifs is 2. The fourth-order valence-corrected chi connectivity index (χ4v) is 5.67. The van der Waals surface area contributed by atoms with Crippen molar-refractivity contribution in [2.75, 3.05) is 10.6 Å². The summed E-state index contributed by atoms with van der Waals surface area (Å²) in [6, 6.07) is 28.4. The van der Waals surface area contributed by atoms with E-state index in [2.05, 4.69) is 10.6 Å². The van der Waals surface area contributed by atoms with Crippen LogP contribution in [0.15, 0.2) is 102 Å². The monoisotopic (exact) mass is 534 g/mol. The predicted octanol–water partition coefficient (Wildman–Crippen LogP) is 6.67. The van der Waals surface area contributed by atoms with Gasteiger partial charge in [0.2, 0.25) is 11.8 Å². The molecule has 2 amide bonds. The summed E-state index contributed by atoms with van der Waals surface area (Å²) in [5, 5.41) is 5.16. The van der Waals surface area contributed by atoms with Gasteiger partial charge in [-0.25, -0.2) is 0 Å². The number of carbonyl (C=O) groups excluding carboxylic acids is 4. The number of rotatable bonds is 8. The fourth-order valence-electron chi connectivity index (χ4n) is 4.58. The van der Waals surface area contributed by atoms with E-state index in [-0.39, 0.29) is 34.5 Å². The van der Waals surface area contributed by atoms with Crippen LogP contribution in [0.5, 0.6) is 0 Å². The third-order valence-corrected chi connectivity index (χ3v) is 7.65. The molecule has 0 saturated heterocycles. The molecule has 0 aromatic heterocycles. The number of thioether (sulfide) groups is 1. The second kappa shape index (κ2) is 11.5. The SMILES string of the molecule is CCCC(=O)Nc1cccc(SC(C(=O)Nc2cccc3c2C(=O)c2ccccc2C3=O)c2ccccc2)c1. The van der Waals surface area contributed by atoms with Gasteiger partial charge in [-0.05, 0) is 36.2 Å². The molecule has 7 heteroatoms. The maximum absolute atomic E-state index is 13.8. The van der Waals surface area contributed by atoms with E-state index in [1.165, 1.54) is 11.8 Å². The van der Waals surface area contributed by atoms with Gasteiger partial charge < -0.3 is 10.6 Å². The van der Waals surface area contributed by atoms with Crippen molar-refractivity contribution < 1.29 is 19.2 Å². The topological polar surface area (TPSA) is 92.3 Å². The van der Waals surface area contributed by atoms with Gasteiger partial charge in [0.15, 0.2) is 11.6 Å². The highest BCUT2D eigenvalue weighted by molar-refractivity contribution is 8.00. The first-order valence-electron chi connectivity index (χ1n) is 12.7. The van der Waals surface area contributed by atoms with Crippen LogP contribution in [0.1, 0.15) is 62.4 Å². The molecule has 0 saturated carbocycles. The van der Waals surface area contributed by atoms with Crippen molar-refractivity contribution in [2.45, 2.75) is 29.9 Å². The summed E-state index contributed by atoms with van der Waals surface area (Å²) in [4.78, 5) is 53.2. The summed E-state index contributed by atoms with van der Waals surface area (Å²) >= 11 is 1.34. The van der Waals surface area contributed by atoms with Crippen LogP contribution in [0.3, 0.4) is 0 Å². The molecule has 1 aliphatic carbocycles. The number of carbonyl (C=O) groups is 4. The average Bonchev–Trinajstić information content (AvgIpc) is 2.95. The smallest absolute Gasteiger partial charge is 0.242 e. The highest BCUT2D eigenvalue weighted by Crippen LogP contribution is 2.38. The third-order valence-electron chi connectivity index (χ3n) is 6.40. The summed E-state index contributed by atoms with van der Waals surface area (Å²) in [6.45, 7) is 1.95. The van der Waals surface area contributed by atoms with E-state index in [1.54, 1.807) is 42.5 Å². The van der Waals surface area contributed by atoms with Crippen molar-refractivity contribution in [1.29, 1.82) is 0 Å². The van der Waals surface area contributed by atoms with E-state index >= 15 is 0 Å². The summed E-state index contributed by atoms with van der Waals surface area (Å²) < 4.78 is 0. The predicted molar refractivity (Wildman–Crippen MR) is 153 cm³/mol. The van der Waals surface area contributed by atoms with Crippen molar-refractivity contribution in [3.63, 3.8) is 0 Å². The van der Waals surface area contributed by atoms with Crippen LogP contribution in [0, 0.1) is 0 Å². The van der Waals surface area contributed by atoms with Gasteiger partial charge in [0.1, 0.15) is 5.25 Å². The lowest BCUT2D eigenvalue weighted by molar-refractivity contribution is -0.116. The number of hydrogen-bond acceptors (Lipinski definition) is 5. The summed E-state index contributed by atoms with van der Waals surface area (Å²) in [6.07, 6.45) is 1.18. The van der Waals surface area contributed by atoms with Gasteiger partial charge in [0, 0.05) is 33.7 Å². The first-order chi connectivity index (χ1) is 19.0. The molecule has 194 valence electrons. The van der Waals surface area contributed by atoms with Crippen LogP contribution < -0.4 is 10.6 Å². The lowest BCUT2D eigenvalue weighted by Crippen LogP contribution is -2.25. The molecular formula is C32H26N2O4S. The van der Waals surface area contributed by atoms with E-state index in [9.17, 15) is 19.2 Å². The highest BCUT2D eigenvalue weighted by atomic mass is 32.2. The zero-order chi connectivity index (χ0) is 27.4. The minimum atomic E-state index is -0.662. The minimum absolute atomic E-state index is 0.0633. The molecule has 0 fully saturated rings. The zero-order valence-corrected chi connectivity index (χ0v) is 22.1. The van der Waals surface area contributed by atoms with Gasteiger partial charge >= 0.3 is 0 Å². The maximum Gasteiger partial charge on any atom is 0.242 e. The van der Waals surface area contributed by atoms with Crippen LogP contribution in [0.25, 0.3) is 0 Å². The van der Waals surface area contributed by atoms with Crippen LogP contribution in [-0.4, -0.2) is 23.4 Å². The lowest BCUT2D eigenvalue weighted by atomic mass is 9.83. The number of benzene rings is 4. The maximum atomic E-state index is 13.8. The van der Waals surface area contributed by atoms with Crippen LogP contribution in [0.4, 0.5) is 11.4 Å². The summed E-state index contributed by atoms with van der Waals surface area (Å²) in [5.74, 6) is -0.937. The van der Waals surface area contributed by atoms with Gasteiger partial charge in [0.25, 0.3) is 0 Å². The van der Waals surface area contributed by atoms with Crippen LogP contribution in [-0.2, 0) is 9.59 Å². The molecule has 1 aliphatic rings. The Morgan fingerprint density at radius 3 is 2.15 bits per heavy atom. The highest BCUT2D eigenvalue weighted by Gasteiger charge is 2.32. The molecule has 1 atom stereocenters. The molecule has 0 radical (unpaired) electrons. The van der Waals surface area contributed by atoms with E-state index < -0.39 is 5.25 Å². The van der Waals surface area contributed by atoms with Crippen molar-refractivity contribution in [1.82, 2.24) is 0 Å². The Labute approximate surface area is 230 Å². The second-order valence-electron chi connectivity index (χ2n) is 9.16. The van der Waals surface area contributed by atoms with Crippen molar-refractivity contribution in [3.8, 4) is 0 Å². The summed E-state index contributed by atoms with van der Waals surface area (Å²) in [7, 11) is 0. The quantitative estimate of drug-likeness (QED) is 0.217.